The lowest BCUT2D eigenvalue weighted by molar-refractivity contribution is -0.137. The molecule has 0 bridgehead atoms. The second-order valence-corrected chi connectivity index (χ2v) is 6.83. The average Bonchev–Trinajstić information content (AvgIpc) is 2.62. The number of likely N-dealkylation sites (tertiary alicyclic amines) is 1. The smallest absolute Gasteiger partial charge is 0.385 e. The molecular weight excluding hydrogens is 346 g/mol. The van der Waals surface area contributed by atoms with Gasteiger partial charge in [0.05, 0.1) is 11.2 Å². The van der Waals surface area contributed by atoms with Gasteiger partial charge in [-0.15, -0.1) is 0 Å². The Morgan fingerprint density at radius 3 is 2.27 bits per heavy atom. The summed E-state index contributed by atoms with van der Waals surface area (Å²) in [6.45, 7) is 1.98. The monoisotopic (exact) mass is 367 g/mol. The number of aliphatic hydroxyl groups is 1. The van der Waals surface area contributed by atoms with E-state index in [1.165, 1.54) is 18.2 Å². The maximum atomic E-state index is 12.9. The van der Waals surface area contributed by atoms with Gasteiger partial charge in [0.25, 0.3) is 0 Å². The maximum Gasteiger partial charge on any atom is 0.416 e. The van der Waals surface area contributed by atoms with Gasteiger partial charge in [-0.25, -0.2) is 4.39 Å². The van der Waals surface area contributed by atoms with E-state index in [0.717, 1.165) is 30.7 Å². The zero-order chi connectivity index (χ0) is 18.8. The van der Waals surface area contributed by atoms with Crippen molar-refractivity contribution < 1.29 is 22.7 Å². The highest BCUT2D eigenvalue weighted by molar-refractivity contribution is 5.30. The summed E-state index contributed by atoms with van der Waals surface area (Å²) in [4.78, 5) is 2.17. The van der Waals surface area contributed by atoms with Gasteiger partial charge in [-0.1, -0.05) is 24.3 Å². The minimum atomic E-state index is -4.41. The summed E-state index contributed by atoms with van der Waals surface area (Å²) in [5, 5.41) is 10.8. The van der Waals surface area contributed by atoms with Crippen molar-refractivity contribution in [2.24, 2.45) is 0 Å². The first-order valence-electron chi connectivity index (χ1n) is 8.63. The van der Waals surface area contributed by atoms with Crippen LogP contribution in [0.2, 0.25) is 0 Å². The highest BCUT2D eigenvalue weighted by Gasteiger charge is 2.36. The van der Waals surface area contributed by atoms with Gasteiger partial charge in [0.1, 0.15) is 5.82 Å². The fourth-order valence-electron chi connectivity index (χ4n) is 3.36. The topological polar surface area (TPSA) is 23.5 Å². The van der Waals surface area contributed by atoms with E-state index in [4.69, 9.17) is 0 Å². The molecule has 0 unspecified atom stereocenters. The van der Waals surface area contributed by atoms with Crippen molar-refractivity contribution in [1.82, 2.24) is 4.90 Å². The number of halogens is 4. The Kier molecular flexibility index (Phi) is 5.34. The zero-order valence-corrected chi connectivity index (χ0v) is 14.3. The van der Waals surface area contributed by atoms with Gasteiger partial charge in [-0.05, 0) is 54.7 Å². The Hall–Kier alpha value is -1.92. The first-order valence-corrected chi connectivity index (χ1v) is 8.63. The molecule has 2 aromatic rings. The molecule has 1 saturated heterocycles. The fraction of sp³-hybridized carbons (Fsp3) is 0.400. The molecule has 0 saturated carbocycles. The summed E-state index contributed by atoms with van der Waals surface area (Å²) in [6.07, 6.45) is -2.88. The second kappa shape index (κ2) is 7.37. The predicted molar refractivity (Wildman–Crippen MR) is 91.1 cm³/mol. The molecule has 1 N–H and O–H groups in total. The molecule has 3 rings (SSSR count). The Labute approximate surface area is 150 Å². The van der Waals surface area contributed by atoms with Crippen LogP contribution in [0.1, 0.15) is 29.5 Å². The summed E-state index contributed by atoms with van der Waals surface area (Å²) in [5.41, 5.74) is -0.606. The van der Waals surface area contributed by atoms with Crippen LogP contribution in [-0.4, -0.2) is 29.6 Å². The van der Waals surface area contributed by atoms with Crippen LogP contribution in [0, 0.1) is 5.82 Å². The van der Waals surface area contributed by atoms with Crippen molar-refractivity contribution in [2.45, 2.75) is 31.0 Å². The first-order chi connectivity index (χ1) is 12.3. The molecule has 0 atom stereocenters. The Morgan fingerprint density at radius 2 is 1.65 bits per heavy atom. The standard InChI is InChI=1S/C20H21F4NO/c21-18-6-4-15(5-7-18)8-11-25-12-9-19(26,10-13-25)16-2-1-3-17(14-16)20(22,23)24/h1-7,14,26H,8-13H2. The van der Waals surface area contributed by atoms with Gasteiger partial charge in [0, 0.05) is 19.6 Å². The highest BCUT2D eigenvalue weighted by Crippen LogP contribution is 2.36. The lowest BCUT2D eigenvalue weighted by atomic mass is 9.83. The lowest BCUT2D eigenvalue weighted by Crippen LogP contribution is -2.43. The summed E-state index contributed by atoms with van der Waals surface area (Å²) in [7, 11) is 0. The van der Waals surface area contributed by atoms with E-state index < -0.39 is 17.3 Å². The highest BCUT2D eigenvalue weighted by atomic mass is 19.4. The number of benzene rings is 2. The third-order valence-corrected chi connectivity index (χ3v) is 5.04. The molecule has 1 aliphatic rings. The van der Waals surface area contributed by atoms with E-state index >= 15 is 0 Å². The van der Waals surface area contributed by atoms with E-state index in [2.05, 4.69) is 4.90 Å². The van der Waals surface area contributed by atoms with E-state index in [-0.39, 0.29) is 5.82 Å². The normalized spacial score (nSPS) is 18.0. The van der Waals surface area contributed by atoms with Gasteiger partial charge in [0.15, 0.2) is 0 Å². The largest absolute Gasteiger partial charge is 0.416 e. The third kappa shape index (κ3) is 4.43. The quantitative estimate of drug-likeness (QED) is 0.811. The molecule has 2 nitrogen and oxygen atoms in total. The Balaban J connectivity index is 1.59. The molecule has 1 fully saturated rings. The van der Waals surface area contributed by atoms with E-state index in [9.17, 15) is 22.7 Å². The summed E-state index contributed by atoms with van der Waals surface area (Å²) >= 11 is 0. The van der Waals surface area contributed by atoms with Crippen LogP contribution in [0.15, 0.2) is 48.5 Å². The SMILES string of the molecule is OC1(c2cccc(C(F)(F)F)c2)CCN(CCc2ccc(F)cc2)CC1. The number of rotatable bonds is 4. The van der Waals surface area contributed by atoms with Gasteiger partial charge >= 0.3 is 6.18 Å². The maximum absolute atomic E-state index is 12.9. The van der Waals surface area contributed by atoms with E-state index in [1.54, 1.807) is 18.2 Å². The van der Waals surface area contributed by atoms with Crippen molar-refractivity contribution in [3.63, 3.8) is 0 Å². The van der Waals surface area contributed by atoms with Crippen LogP contribution < -0.4 is 0 Å². The minimum absolute atomic E-state index is 0.266. The average molecular weight is 367 g/mol. The number of alkyl halides is 3. The Bertz CT molecular complexity index is 734. The van der Waals surface area contributed by atoms with Gasteiger partial charge in [-0.3, -0.25) is 0 Å². The molecular formula is C20H21F4NO. The molecule has 1 aliphatic heterocycles. The van der Waals surface area contributed by atoms with Crippen molar-refractivity contribution in [1.29, 1.82) is 0 Å². The first kappa shape index (κ1) is 18.9. The molecule has 6 heteroatoms. The zero-order valence-electron chi connectivity index (χ0n) is 14.3. The molecule has 0 spiro atoms. The van der Waals surface area contributed by atoms with Crippen LogP contribution in [-0.2, 0) is 18.2 Å². The summed E-state index contributed by atoms with van der Waals surface area (Å²) in [5.74, 6) is -0.266. The van der Waals surface area contributed by atoms with Gasteiger partial charge in [0.2, 0.25) is 0 Å². The molecule has 26 heavy (non-hydrogen) atoms. The number of hydrogen-bond acceptors (Lipinski definition) is 2. The van der Waals surface area contributed by atoms with Gasteiger partial charge < -0.3 is 10.0 Å². The third-order valence-electron chi connectivity index (χ3n) is 5.04. The predicted octanol–water partition coefficient (Wildman–Crippen LogP) is 4.37. The Morgan fingerprint density at radius 1 is 1.00 bits per heavy atom. The summed E-state index contributed by atoms with van der Waals surface area (Å²) < 4.78 is 51.6. The molecule has 0 radical (unpaired) electrons. The molecule has 2 aromatic carbocycles. The van der Waals surface area contributed by atoms with Crippen LogP contribution in [0.25, 0.3) is 0 Å². The number of hydrogen-bond donors (Lipinski definition) is 1. The van der Waals surface area contributed by atoms with Crippen LogP contribution in [0.3, 0.4) is 0 Å². The van der Waals surface area contributed by atoms with E-state index in [0.29, 0.717) is 31.5 Å². The lowest BCUT2D eigenvalue weighted by Gasteiger charge is -2.38. The van der Waals surface area contributed by atoms with Crippen molar-refractivity contribution in [3.8, 4) is 0 Å². The number of piperidine rings is 1. The van der Waals surface area contributed by atoms with Crippen molar-refractivity contribution >= 4 is 0 Å². The molecule has 0 amide bonds. The van der Waals surface area contributed by atoms with Gasteiger partial charge in [-0.2, -0.15) is 13.2 Å². The molecule has 0 aromatic heterocycles. The second-order valence-electron chi connectivity index (χ2n) is 6.83. The molecule has 0 aliphatic carbocycles. The fourth-order valence-corrected chi connectivity index (χ4v) is 3.36. The van der Waals surface area contributed by atoms with Crippen LogP contribution in [0.5, 0.6) is 0 Å². The van der Waals surface area contributed by atoms with Crippen LogP contribution >= 0.6 is 0 Å². The van der Waals surface area contributed by atoms with Crippen molar-refractivity contribution in [3.05, 3.63) is 71.0 Å². The van der Waals surface area contributed by atoms with E-state index in [1.807, 2.05) is 0 Å². The summed E-state index contributed by atoms with van der Waals surface area (Å²) in [6, 6.07) is 11.3. The molecule has 1 heterocycles. The molecule has 140 valence electrons. The number of nitrogens with zero attached hydrogens (tertiary/aromatic N) is 1. The minimum Gasteiger partial charge on any atom is -0.385 e. The van der Waals surface area contributed by atoms with Crippen LogP contribution in [0.4, 0.5) is 17.6 Å². The van der Waals surface area contributed by atoms with Crippen molar-refractivity contribution in [2.75, 3.05) is 19.6 Å².